The SMILES string of the molecule is O=S(=O)([O-])c1cccc(Nc2nc(Nc3ccccc3)nc(Nc3ccc(Oc4ccc(Nc5nc(Nc6c[c-]ccc6)nc(Nc6ccccc6)n5)cc4)cc3)n2)c1.[Na+].[Na+]. The van der Waals surface area contributed by atoms with Gasteiger partial charge in [-0.3, -0.25) is 0 Å². The molecule has 0 aliphatic rings. The minimum Gasteiger partial charge on any atom is -0.744 e. The molecule has 0 bridgehead atoms. The average molecular weight is 847 g/mol. The Labute approximate surface area is 395 Å². The minimum absolute atomic E-state index is 0. The zero-order valence-corrected chi connectivity index (χ0v) is 37.6. The van der Waals surface area contributed by atoms with E-state index < -0.39 is 10.1 Å². The number of para-hydroxylation sites is 2. The Morgan fingerprint density at radius 2 is 0.787 bits per heavy atom. The molecule has 0 saturated heterocycles. The van der Waals surface area contributed by atoms with Crippen LogP contribution in [0.1, 0.15) is 0 Å². The molecule has 0 aliphatic carbocycles. The van der Waals surface area contributed by atoms with Crippen LogP contribution in [0.5, 0.6) is 11.5 Å². The molecule has 0 aliphatic heterocycles. The van der Waals surface area contributed by atoms with Crippen LogP contribution >= 0.6 is 0 Å². The standard InChI is InChI=1S/C42H33N12O4S.2Na/c55-59(56,57)36-18-10-17-33(27-36)48-42-53-39(45-30-15-8-3-9-16-30)52-41(54-42)47-32-21-25-35(26-22-32)58-34-23-19-31(20-24-34)46-40-50-37(43-28-11-4-1-5-12-28)49-38(51-40)44-29-13-6-2-7-14-29;;/h1-6,8-27H,(H,55,56,57)(H3,43,44,46,49,50,51)(H3,45,47,48,52,53,54);;/q-1;2*+1/p-1. The number of anilines is 12. The fraction of sp³-hybridized carbons (Fsp3) is 0. The predicted molar refractivity (Wildman–Crippen MR) is 225 cm³/mol. The molecule has 6 aromatic carbocycles. The minimum atomic E-state index is -4.66. The molecule has 0 radical (unpaired) electrons. The first kappa shape index (κ1) is 44.4. The molecule has 0 unspecified atom stereocenters. The molecule has 2 aromatic heterocycles. The van der Waals surface area contributed by atoms with Crippen molar-refractivity contribution in [3.63, 3.8) is 0 Å². The van der Waals surface area contributed by atoms with Gasteiger partial charge in [-0.05, 0) is 91.0 Å². The second-order valence-corrected chi connectivity index (χ2v) is 13.9. The van der Waals surface area contributed by atoms with Gasteiger partial charge in [-0.15, -0.1) is 6.07 Å². The fourth-order valence-corrected chi connectivity index (χ4v) is 5.97. The largest absolute Gasteiger partial charge is 1.00 e. The van der Waals surface area contributed by atoms with E-state index in [4.69, 9.17) is 4.74 Å². The number of nitrogens with one attached hydrogen (secondary N) is 6. The molecule has 0 saturated carbocycles. The monoisotopic (exact) mass is 846 g/mol. The summed E-state index contributed by atoms with van der Waals surface area (Å²) in [5.41, 5.74) is 4.02. The number of rotatable bonds is 15. The van der Waals surface area contributed by atoms with E-state index >= 15 is 0 Å². The Balaban J connectivity index is 0.00000311. The van der Waals surface area contributed by atoms with Gasteiger partial charge in [0.15, 0.2) is 0 Å². The molecule has 6 N–H and O–H groups in total. The van der Waals surface area contributed by atoms with Crippen LogP contribution in [0.4, 0.5) is 69.8 Å². The summed E-state index contributed by atoms with van der Waals surface area (Å²) in [5, 5.41) is 18.9. The summed E-state index contributed by atoms with van der Waals surface area (Å²) in [4.78, 5) is 26.7. The molecule has 0 spiro atoms. The summed E-state index contributed by atoms with van der Waals surface area (Å²) in [6.07, 6.45) is 0. The smallest absolute Gasteiger partial charge is 0.744 e. The van der Waals surface area contributed by atoms with E-state index in [1.807, 2.05) is 103 Å². The summed E-state index contributed by atoms with van der Waals surface area (Å²) in [6, 6.07) is 49.3. The summed E-state index contributed by atoms with van der Waals surface area (Å²) >= 11 is 0. The topological polar surface area (TPSA) is 216 Å². The van der Waals surface area contributed by atoms with Crippen molar-refractivity contribution in [1.29, 1.82) is 0 Å². The molecule has 19 heteroatoms. The van der Waals surface area contributed by atoms with Crippen molar-refractivity contribution >= 4 is 79.9 Å². The second kappa shape index (κ2) is 20.9. The van der Waals surface area contributed by atoms with Crippen LogP contribution in [0.2, 0.25) is 0 Å². The van der Waals surface area contributed by atoms with E-state index in [0.29, 0.717) is 40.7 Å². The third-order valence-corrected chi connectivity index (χ3v) is 8.96. The van der Waals surface area contributed by atoms with Crippen LogP contribution in [0.15, 0.2) is 163 Å². The maximum atomic E-state index is 11.6. The van der Waals surface area contributed by atoms with Gasteiger partial charge in [-0.1, -0.05) is 48.2 Å². The summed E-state index contributed by atoms with van der Waals surface area (Å²) in [7, 11) is -4.66. The quantitative estimate of drug-likeness (QED) is 0.0497. The van der Waals surface area contributed by atoms with Crippen molar-refractivity contribution in [3.05, 3.63) is 164 Å². The molecule has 61 heavy (non-hydrogen) atoms. The zero-order valence-electron chi connectivity index (χ0n) is 32.7. The number of nitrogens with zero attached hydrogens (tertiary/aromatic N) is 6. The van der Waals surface area contributed by atoms with Crippen molar-refractivity contribution in [2.75, 3.05) is 31.9 Å². The molecule has 0 atom stereocenters. The van der Waals surface area contributed by atoms with Gasteiger partial charge in [0.2, 0.25) is 35.7 Å². The maximum absolute atomic E-state index is 11.6. The third-order valence-electron chi connectivity index (χ3n) is 8.13. The molecule has 0 fully saturated rings. The molecule has 292 valence electrons. The number of benzene rings is 6. The Kier molecular flexibility index (Phi) is 15.2. The van der Waals surface area contributed by atoms with Crippen LogP contribution in [0.3, 0.4) is 0 Å². The van der Waals surface area contributed by atoms with Crippen LogP contribution < -0.4 is 95.8 Å². The molecule has 8 aromatic rings. The predicted octanol–water partition coefficient (Wildman–Crippen LogP) is 3.02. The zero-order chi connectivity index (χ0) is 40.4. The molecular weight excluding hydrogens is 815 g/mol. The van der Waals surface area contributed by atoms with Gasteiger partial charge in [0.05, 0.1) is 4.90 Å². The molecule has 2 heterocycles. The Bertz CT molecular complexity index is 2720. The number of aromatic nitrogens is 6. The molecular formula is C42H32N12Na2O4S. The Morgan fingerprint density at radius 3 is 1.18 bits per heavy atom. The Hall–Kier alpha value is -6.15. The van der Waals surface area contributed by atoms with E-state index in [2.05, 4.69) is 67.9 Å². The van der Waals surface area contributed by atoms with Gasteiger partial charge >= 0.3 is 59.1 Å². The van der Waals surface area contributed by atoms with E-state index in [1.165, 1.54) is 18.2 Å². The number of ether oxygens (including phenoxy) is 1. The van der Waals surface area contributed by atoms with E-state index in [1.54, 1.807) is 36.4 Å². The van der Waals surface area contributed by atoms with Gasteiger partial charge in [0, 0.05) is 28.4 Å². The van der Waals surface area contributed by atoms with Gasteiger partial charge in [0.25, 0.3) is 0 Å². The van der Waals surface area contributed by atoms with E-state index in [9.17, 15) is 13.0 Å². The summed E-state index contributed by atoms with van der Waals surface area (Å²) < 4.78 is 40.9. The van der Waals surface area contributed by atoms with Crippen molar-refractivity contribution < 1.29 is 76.8 Å². The second-order valence-electron chi connectivity index (χ2n) is 12.5. The summed E-state index contributed by atoms with van der Waals surface area (Å²) in [5.74, 6) is 2.70. The maximum Gasteiger partial charge on any atom is 1.00 e. The normalized spacial score (nSPS) is 10.6. The van der Waals surface area contributed by atoms with E-state index in [0.717, 1.165) is 22.7 Å². The number of hydrogen-bond donors (Lipinski definition) is 6. The first-order valence-corrected chi connectivity index (χ1v) is 19.3. The van der Waals surface area contributed by atoms with Crippen molar-refractivity contribution in [1.82, 2.24) is 29.9 Å². The molecule has 16 nitrogen and oxygen atoms in total. The van der Waals surface area contributed by atoms with Gasteiger partial charge in [-0.2, -0.15) is 54.2 Å². The first-order chi connectivity index (χ1) is 28.8. The average Bonchev–Trinajstić information content (AvgIpc) is 3.23. The van der Waals surface area contributed by atoms with Gasteiger partial charge < -0.3 is 41.2 Å². The Morgan fingerprint density at radius 1 is 0.426 bits per heavy atom. The van der Waals surface area contributed by atoms with Crippen molar-refractivity contribution in [3.8, 4) is 11.5 Å². The van der Waals surface area contributed by atoms with Crippen LogP contribution in [0, 0.1) is 6.07 Å². The van der Waals surface area contributed by atoms with Crippen molar-refractivity contribution in [2.45, 2.75) is 4.90 Å². The fourth-order valence-electron chi connectivity index (χ4n) is 5.45. The third kappa shape index (κ3) is 12.9. The van der Waals surface area contributed by atoms with E-state index in [-0.39, 0.29) is 81.9 Å². The van der Waals surface area contributed by atoms with Crippen LogP contribution in [-0.4, -0.2) is 42.9 Å². The van der Waals surface area contributed by atoms with Crippen LogP contribution in [0.25, 0.3) is 0 Å². The molecule has 0 amide bonds. The summed E-state index contributed by atoms with van der Waals surface area (Å²) in [6.45, 7) is 0. The van der Waals surface area contributed by atoms with Gasteiger partial charge in [-0.25, -0.2) is 8.42 Å². The first-order valence-electron chi connectivity index (χ1n) is 17.9. The van der Waals surface area contributed by atoms with Crippen molar-refractivity contribution in [2.24, 2.45) is 0 Å². The molecule has 8 rings (SSSR count). The van der Waals surface area contributed by atoms with Gasteiger partial charge in [0.1, 0.15) is 21.6 Å². The number of hydrogen-bond acceptors (Lipinski definition) is 16. The van der Waals surface area contributed by atoms with Crippen LogP contribution in [-0.2, 0) is 10.1 Å².